The molecule has 1 fully saturated rings. The summed E-state index contributed by atoms with van der Waals surface area (Å²) in [6.45, 7) is 0. The van der Waals surface area contributed by atoms with E-state index in [-0.39, 0.29) is 5.75 Å². The van der Waals surface area contributed by atoms with E-state index in [1.54, 1.807) is 6.07 Å². The van der Waals surface area contributed by atoms with E-state index in [4.69, 9.17) is 11.6 Å². The molecule has 1 aromatic rings. The summed E-state index contributed by atoms with van der Waals surface area (Å²) in [5.41, 5.74) is 1.17. The lowest BCUT2D eigenvalue weighted by Crippen LogP contribution is -2.09. The maximum atomic E-state index is 9.44. The van der Waals surface area contributed by atoms with Crippen LogP contribution in [0.15, 0.2) is 18.2 Å². The van der Waals surface area contributed by atoms with Crippen LogP contribution in [0.4, 0.5) is 0 Å². The molecule has 2 rings (SSSR count). The first-order valence-electron chi connectivity index (χ1n) is 5.72. The zero-order valence-corrected chi connectivity index (χ0v) is 9.63. The van der Waals surface area contributed by atoms with Crippen molar-refractivity contribution in [3.63, 3.8) is 0 Å². The van der Waals surface area contributed by atoms with Crippen LogP contribution >= 0.6 is 11.6 Å². The highest BCUT2D eigenvalue weighted by Crippen LogP contribution is 2.29. The Hall–Kier alpha value is -0.690. The van der Waals surface area contributed by atoms with Crippen LogP contribution < -0.4 is 0 Å². The van der Waals surface area contributed by atoms with E-state index in [2.05, 4.69) is 0 Å². The second-order valence-electron chi connectivity index (χ2n) is 4.53. The van der Waals surface area contributed by atoms with Gasteiger partial charge < -0.3 is 5.11 Å². The summed E-state index contributed by atoms with van der Waals surface area (Å²) >= 11 is 5.91. The van der Waals surface area contributed by atoms with Crippen molar-refractivity contribution in [3.8, 4) is 5.75 Å². The maximum absolute atomic E-state index is 9.44. The van der Waals surface area contributed by atoms with Crippen LogP contribution in [-0.2, 0) is 6.42 Å². The van der Waals surface area contributed by atoms with Gasteiger partial charge in [-0.05, 0) is 36.1 Å². The van der Waals surface area contributed by atoms with Gasteiger partial charge in [-0.15, -0.1) is 0 Å². The van der Waals surface area contributed by atoms with E-state index in [1.165, 1.54) is 37.7 Å². The fourth-order valence-electron chi connectivity index (χ4n) is 2.48. The number of hydrogen-bond acceptors (Lipinski definition) is 1. The normalized spacial score (nSPS) is 17.9. The van der Waals surface area contributed by atoms with Gasteiger partial charge in [0.05, 0.1) is 0 Å². The fourth-order valence-corrected chi connectivity index (χ4v) is 2.73. The molecule has 1 aliphatic carbocycles. The summed E-state index contributed by atoms with van der Waals surface area (Å²) in [5.74, 6) is 1.07. The molecular weight excluding hydrogens is 208 g/mol. The van der Waals surface area contributed by atoms with Crippen LogP contribution in [0.3, 0.4) is 0 Å². The summed E-state index contributed by atoms with van der Waals surface area (Å²) in [4.78, 5) is 0. The standard InChI is InChI=1S/C13H17ClO/c14-12-7-11(8-13(15)9-12)6-10-4-2-1-3-5-10/h7-10,15H,1-6H2. The Morgan fingerprint density at radius 2 is 1.87 bits per heavy atom. The molecular formula is C13H17ClO. The topological polar surface area (TPSA) is 20.2 Å². The second-order valence-corrected chi connectivity index (χ2v) is 4.96. The molecule has 82 valence electrons. The number of halogens is 1. The highest BCUT2D eigenvalue weighted by atomic mass is 35.5. The van der Waals surface area contributed by atoms with Crippen molar-refractivity contribution >= 4 is 11.6 Å². The fraction of sp³-hybridized carbons (Fsp3) is 0.538. The Balaban J connectivity index is 2.02. The van der Waals surface area contributed by atoms with Crippen molar-refractivity contribution in [2.75, 3.05) is 0 Å². The van der Waals surface area contributed by atoms with Gasteiger partial charge in [0.25, 0.3) is 0 Å². The molecule has 0 amide bonds. The lowest BCUT2D eigenvalue weighted by Gasteiger charge is -2.21. The molecule has 0 radical (unpaired) electrons. The zero-order valence-electron chi connectivity index (χ0n) is 8.88. The van der Waals surface area contributed by atoms with Crippen molar-refractivity contribution < 1.29 is 5.11 Å². The van der Waals surface area contributed by atoms with Crippen LogP contribution in [0.1, 0.15) is 37.7 Å². The third-order valence-corrected chi connectivity index (χ3v) is 3.41. The molecule has 2 heteroatoms. The molecule has 0 aromatic heterocycles. The lowest BCUT2D eigenvalue weighted by molar-refractivity contribution is 0.356. The van der Waals surface area contributed by atoms with Gasteiger partial charge >= 0.3 is 0 Å². The number of benzene rings is 1. The van der Waals surface area contributed by atoms with Crippen molar-refractivity contribution in [2.24, 2.45) is 5.92 Å². The predicted molar refractivity (Wildman–Crippen MR) is 63.4 cm³/mol. The summed E-state index contributed by atoms with van der Waals surface area (Å²) in [6.07, 6.45) is 7.82. The van der Waals surface area contributed by atoms with Crippen LogP contribution in [0.2, 0.25) is 5.02 Å². The van der Waals surface area contributed by atoms with Crippen molar-refractivity contribution in [1.29, 1.82) is 0 Å². The molecule has 1 aromatic carbocycles. The molecule has 0 bridgehead atoms. The summed E-state index contributed by atoms with van der Waals surface area (Å²) in [6, 6.07) is 5.39. The summed E-state index contributed by atoms with van der Waals surface area (Å²) < 4.78 is 0. The first kappa shape index (κ1) is 10.8. The minimum absolute atomic E-state index is 0.285. The summed E-state index contributed by atoms with van der Waals surface area (Å²) in [5, 5.41) is 10.1. The number of phenols is 1. The Bertz CT molecular complexity index is 309. The van der Waals surface area contributed by atoms with E-state index >= 15 is 0 Å². The molecule has 1 saturated carbocycles. The van der Waals surface area contributed by atoms with Crippen LogP contribution in [0.5, 0.6) is 5.75 Å². The molecule has 0 aliphatic heterocycles. The van der Waals surface area contributed by atoms with Gasteiger partial charge in [0.1, 0.15) is 5.75 Å². The number of aromatic hydroxyl groups is 1. The zero-order chi connectivity index (χ0) is 10.7. The Kier molecular flexibility index (Phi) is 3.53. The van der Waals surface area contributed by atoms with Gasteiger partial charge in [-0.3, -0.25) is 0 Å². The predicted octanol–water partition coefficient (Wildman–Crippen LogP) is 4.17. The third kappa shape index (κ3) is 3.13. The van der Waals surface area contributed by atoms with E-state index in [0.29, 0.717) is 5.02 Å². The molecule has 1 nitrogen and oxygen atoms in total. The van der Waals surface area contributed by atoms with Gasteiger partial charge in [-0.2, -0.15) is 0 Å². The molecule has 0 heterocycles. The number of phenolic OH excluding ortho intramolecular Hbond substituents is 1. The van der Waals surface area contributed by atoms with Gasteiger partial charge in [0.2, 0.25) is 0 Å². The van der Waals surface area contributed by atoms with E-state index in [9.17, 15) is 5.11 Å². The molecule has 1 aliphatic rings. The SMILES string of the molecule is Oc1cc(Cl)cc(CC2CCCCC2)c1. The van der Waals surface area contributed by atoms with Crippen LogP contribution in [-0.4, -0.2) is 5.11 Å². The van der Waals surface area contributed by atoms with E-state index in [1.807, 2.05) is 12.1 Å². The lowest BCUT2D eigenvalue weighted by atomic mass is 9.85. The van der Waals surface area contributed by atoms with Gasteiger partial charge in [0.15, 0.2) is 0 Å². The van der Waals surface area contributed by atoms with Gasteiger partial charge in [0, 0.05) is 5.02 Å². The smallest absolute Gasteiger partial charge is 0.117 e. The molecule has 1 N–H and O–H groups in total. The average molecular weight is 225 g/mol. The monoisotopic (exact) mass is 224 g/mol. The van der Waals surface area contributed by atoms with Crippen molar-refractivity contribution in [2.45, 2.75) is 38.5 Å². The molecule has 0 spiro atoms. The Morgan fingerprint density at radius 3 is 2.53 bits per heavy atom. The van der Waals surface area contributed by atoms with Gasteiger partial charge in [-0.1, -0.05) is 43.7 Å². The molecule has 0 unspecified atom stereocenters. The quantitative estimate of drug-likeness (QED) is 0.800. The minimum atomic E-state index is 0.285. The Labute approximate surface area is 96.1 Å². The number of rotatable bonds is 2. The van der Waals surface area contributed by atoms with Crippen LogP contribution in [0, 0.1) is 5.92 Å². The molecule has 0 saturated heterocycles. The Morgan fingerprint density at radius 1 is 1.13 bits per heavy atom. The molecule has 15 heavy (non-hydrogen) atoms. The van der Waals surface area contributed by atoms with Gasteiger partial charge in [-0.25, -0.2) is 0 Å². The van der Waals surface area contributed by atoms with E-state index < -0.39 is 0 Å². The highest BCUT2D eigenvalue weighted by Gasteiger charge is 2.14. The largest absolute Gasteiger partial charge is 0.508 e. The second kappa shape index (κ2) is 4.89. The summed E-state index contributed by atoms with van der Waals surface area (Å²) in [7, 11) is 0. The van der Waals surface area contributed by atoms with Crippen molar-refractivity contribution in [3.05, 3.63) is 28.8 Å². The highest BCUT2D eigenvalue weighted by molar-refractivity contribution is 6.30. The van der Waals surface area contributed by atoms with E-state index in [0.717, 1.165) is 12.3 Å². The first-order valence-corrected chi connectivity index (χ1v) is 6.10. The maximum Gasteiger partial charge on any atom is 0.117 e. The average Bonchev–Trinajstić information content (AvgIpc) is 2.17. The molecule has 0 atom stereocenters. The number of hydrogen-bond donors (Lipinski definition) is 1. The first-order chi connectivity index (χ1) is 7.24. The third-order valence-electron chi connectivity index (χ3n) is 3.19. The van der Waals surface area contributed by atoms with Crippen LogP contribution in [0.25, 0.3) is 0 Å². The van der Waals surface area contributed by atoms with Crippen molar-refractivity contribution in [1.82, 2.24) is 0 Å². The minimum Gasteiger partial charge on any atom is -0.508 e.